The van der Waals surface area contributed by atoms with Gasteiger partial charge in [0, 0.05) is 18.7 Å². The molecule has 5 heteroatoms. The highest BCUT2D eigenvalue weighted by Crippen LogP contribution is 2.34. The van der Waals surface area contributed by atoms with Crippen molar-refractivity contribution in [1.82, 2.24) is 4.90 Å². The molecule has 0 unspecified atom stereocenters. The van der Waals surface area contributed by atoms with Gasteiger partial charge in [-0.3, -0.25) is 9.69 Å². The summed E-state index contributed by atoms with van der Waals surface area (Å²) >= 11 is 0. The maximum atomic E-state index is 13.9. The molecule has 0 amide bonds. The normalized spacial score (nSPS) is 23.0. The van der Waals surface area contributed by atoms with E-state index in [1.807, 2.05) is 11.8 Å². The molecule has 0 spiro atoms. The molecule has 0 radical (unpaired) electrons. The van der Waals surface area contributed by atoms with Gasteiger partial charge in [-0.2, -0.15) is 0 Å². The van der Waals surface area contributed by atoms with Crippen molar-refractivity contribution in [3.05, 3.63) is 29.6 Å². The summed E-state index contributed by atoms with van der Waals surface area (Å²) in [6, 6.07) is 4.66. The van der Waals surface area contributed by atoms with E-state index in [0.717, 1.165) is 13.0 Å². The van der Waals surface area contributed by atoms with Gasteiger partial charge in [0.2, 0.25) is 0 Å². The summed E-state index contributed by atoms with van der Waals surface area (Å²) < 4.78 is 19.0. The summed E-state index contributed by atoms with van der Waals surface area (Å²) in [5.41, 5.74) is -0.153. The molecule has 1 fully saturated rings. The van der Waals surface area contributed by atoms with E-state index >= 15 is 0 Å². The number of carbonyl (C=O) groups is 1. The lowest BCUT2D eigenvalue weighted by atomic mass is 9.77. The number of hydrogen-bond acceptors (Lipinski definition) is 3. The van der Waals surface area contributed by atoms with Crippen molar-refractivity contribution < 1.29 is 19.0 Å². The average molecular weight is 295 g/mol. The summed E-state index contributed by atoms with van der Waals surface area (Å²) in [4.78, 5) is 13.6. The van der Waals surface area contributed by atoms with Crippen molar-refractivity contribution in [3.63, 3.8) is 0 Å². The Morgan fingerprint density at radius 2 is 2.29 bits per heavy atom. The molecular weight excluding hydrogens is 273 g/mol. The number of ether oxygens (including phenoxy) is 1. The molecule has 0 bridgehead atoms. The number of carboxylic acids is 1. The highest BCUT2D eigenvalue weighted by Gasteiger charge is 2.40. The van der Waals surface area contributed by atoms with Gasteiger partial charge in [-0.05, 0) is 44.0 Å². The Kier molecular flexibility index (Phi) is 4.83. The van der Waals surface area contributed by atoms with Crippen molar-refractivity contribution in [2.75, 3.05) is 20.2 Å². The van der Waals surface area contributed by atoms with Crippen LogP contribution in [0, 0.1) is 11.2 Å². The Hall–Kier alpha value is -1.62. The molecule has 21 heavy (non-hydrogen) atoms. The molecule has 1 saturated heterocycles. The van der Waals surface area contributed by atoms with E-state index in [2.05, 4.69) is 0 Å². The van der Waals surface area contributed by atoms with Crippen molar-refractivity contribution >= 4 is 5.97 Å². The van der Waals surface area contributed by atoms with Crippen molar-refractivity contribution in [3.8, 4) is 5.75 Å². The van der Waals surface area contributed by atoms with Gasteiger partial charge in [0.1, 0.15) is 11.6 Å². The van der Waals surface area contributed by atoms with Gasteiger partial charge in [-0.25, -0.2) is 4.39 Å². The van der Waals surface area contributed by atoms with Gasteiger partial charge < -0.3 is 9.84 Å². The fourth-order valence-electron chi connectivity index (χ4n) is 3.02. The molecule has 1 aromatic carbocycles. The third-order valence-electron chi connectivity index (χ3n) is 4.43. The summed E-state index contributed by atoms with van der Waals surface area (Å²) in [6.45, 7) is 3.59. The van der Waals surface area contributed by atoms with Crippen LogP contribution in [-0.2, 0) is 11.3 Å². The number of halogens is 1. The summed E-state index contributed by atoms with van der Waals surface area (Å²) in [6.07, 6.45) is 2.11. The molecule has 1 aliphatic rings. The molecule has 0 saturated carbocycles. The van der Waals surface area contributed by atoms with Crippen LogP contribution in [0.3, 0.4) is 0 Å². The maximum Gasteiger partial charge on any atom is 0.310 e. The van der Waals surface area contributed by atoms with Crippen LogP contribution < -0.4 is 4.74 Å². The lowest BCUT2D eigenvalue weighted by Gasteiger charge is -2.39. The number of carboxylic acid groups (broad SMARTS) is 1. The Bertz CT molecular complexity index is 520. The molecule has 1 N–H and O–H groups in total. The lowest BCUT2D eigenvalue weighted by molar-refractivity contribution is -0.153. The number of rotatable bonds is 5. The predicted octanol–water partition coefficient (Wildman–Crippen LogP) is 2.91. The first-order valence-corrected chi connectivity index (χ1v) is 7.29. The van der Waals surface area contributed by atoms with Crippen LogP contribution in [0.5, 0.6) is 5.75 Å². The van der Waals surface area contributed by atoms with Gasteiger partial charge in [0.25, 0.3) is 0 Å². The SMILES string of the molecule is CC[C@]1(C(=O)O)CCCN(Cc2cc(OC)ccc2F)C1. The fraction of sp³-hybridized carbons (Fsp3) is 0.562. The number of aliphatic carboxylic acids is 1. The zero-order valence-electron chi connectivity index (χ0n) is 12.6. The Balaban J connectivity index is 2.14. The molecule has 2 rings (SSSR count). The molecule has 1 heterocycles. The quantitative estimate of drug-likeness (QED) is 0.907. The first-order chi connectivity index (χ1) is 10.0. The minimum Gasteiger partial charge on any atom is -0.497 e. The monoisotopic (exact) mass is 295 g/mol. The van der Waals surface area contributed by atoms with E-state index in [1.165, 1.54) is 6.07 Å². The van der Waals surface area contributed by atoms with Gasteiger partial charge in [0.05, 0.1) is 12.5 Å². The number of likely N-dealkylation sites (tertiary alicyclic amines) is 1. The minimum atomic E-state index is -0.749. The Morgan fingerprint density at radius 3 is 2.90 bits per heavy atom. The number of benzene rings is 1. The van der Waals surface area contributed by atoms with Gasteiger partial charge in [-0.15, -0.1) is 0 Å². The van der Waals surface area contributed by atoms with Crippen LogP contribution in [-0.4, -0.2) is 36.2 Å². The first kappa shape index (κ1) is 15.8. The molecule has 1 atom stereocenters. The number of methoxy groups -OCH3 is 1. The van der Waals surface area contributed by atoms with E-state index in [0.29, 0.717) is 37.2 Å². The molecular formula is C16H22FNO3. The van der Waals surface area contributed by atoms with Crippen LogP contribution in [0.25, 0.3) is 0 Å². The van der Waals surface area contributed by atoms with E-state index in [1.54, 1.807) is 19.2 Å². The van der Waals surface area contributed by atoms with Gasteiger partial charge in [0.15, 0.2) is 0 Å². The summed E-state index contributed by atoms with van der Waals surface area (Å²) in [7, 11) is 1.55. The Labute approximate surface area is 124 Å². The van der Waals surface area contributed by atoms with E-state index < -0.39 is 11.4 Å². The second kappa shape index (κ2) is 6.43. The van der Waals surface area contributed by atoms with Crippen LogP contribution in [0.1, 0.15) is 31.7 Å². The minimum absolute atomic E-state index is 0.279. The van der Waals surface area contributed by atoms with E-state index in [-0.39, 0.29) is 5.82 Å². The fourth-order valence-corrected chi connectivity index (χ4v) is 3.02. The van der Waals surface area contributed by atoms with E-state index in [4.69, 9.17) is 4.74 Å². The van der Waals surface area contributed by atoms with Crippen LogP contribution in [0.2, 0.25) is 0 Å². The van der Waals surface area contributed by atoms with Crippen LogP contribution in [0.15, 0.2) is 18.2 Å². The number of piperidine rings is 1. The Morgan fingerprint density at radius 1 is 1.52 bits per heavy atom. The molecule has 1 aliphatic heterocycles. The largest absolute Gasteiger partial charge is 0.497 e. The standard InChI is InChI=1S/C16H22FNO3/c1-3-16(15(19)20)7-4-8-18(11-16)10-12-9-13(21-2)5-6-14(12)17/h5-6,9H,3-4,7-8,10-11H2,1-2H3,(H,19,20)/t16-/m0/s1. The molecule has 1 aromatic rings. The number of hydrogen-bond donors (Lipinski definition) is 1. The molecule has 116 valence electrons. The molecule has 4 nitrogen and oxygen atoms in total. The smallest absolute Gasteiger partial charge is 0.310 e. The maximum absolute atomic E-state index is 13.9. The first-order valence-electron chi connectivity index (χ1n) is 7.29. The van der Waals surface area contributed by atoms with Crippen molar-refractivity contribution in [2.24, 2.45) is 5.41 Å². The van der Waals surface area contributed by atoms with Crippen molar-refractivity contribution in [1.29, 1.82) is 0 Å². The van der Waals surface area contributed by atoms with Crippen LogP contribution >= 0.6 is 0 Å². The third-order valence-corrected chi connectivity index (χ3v) is 4.43. The summed E-state index contributed by atoms with van der Waals surface area (Å²) in [5.74, 6) is -0.414. The average Bonchev–Trinajstić information content (AvgIpc) is 2.49. The second-order valence-corrected chi connectivity index (χ2v) is 5.71. The predicted molar refractivity (Wildman–Crippen MR) is 77.8 cm³/mol. The van der Waals surface area contributed by atoms with E-state index in [9.17, 15) is 14.3 Å². The zero-order valence-corrected chi connectivity index (χ0v) is 12.6. The highest BCUT2D eigenvalue weighted by molar-refractivity contribution is 5.75. The zero-order chi connectivity index (χ0) is 15.5. The summed E-state index contributed by atoms with van der Waals surface area (Å²) in [5, 5.41) is 9.49. The van der Waals surface area contributed by atoms with Gasteiger partial charge in [-0.1, -0.05) is 6.92 Å². The number of nitrogens with zero attached hydrogens (tertiary/aromatic N) is 1. The van der Waals surface area contributed by atoms with Crippen molar-refractivity contribution in [2.45, 2.75) is 32.7 Å². The molecule has 0 aromatic heterocycles. The third kappa shape index (κ3) is 3.35. The van der Waals surface area contributed by atoms with Gasteiger partial charge >= 0.3 is 5.97 Å². The topological polar surface area (TPSA) is 49.8 Å². The lowest BCUT2D eigenvalue weighted by Crippen LogP contribution is -2.47. The second-order valence-electron chi connectivity index (χ2n) is 5.71. The van der Waals surface area contributed by atoms with Crippen LogP contribution in [0.4, 0.5) is 4.39 Å². The highest BCUT2D eigenvalue weighted by atomic mass is 19.1. The molecule has 0 aliphatic carbocycles.